The van der Waals surface area contributed by atoms with Gasteiger partial charge in [0.2, 0.25) is 0 Å². The van der Waals surface area contributed by atoms with Crippen LogP contribution >= 0.6 is 35.7 Å². The maximum absolute atomic E-state index is 13.9. The third-order valence-electron chi connectivity index (χ3n) is 5.07. The lowest BCUT2D eigenvalue weighted by molar-refractivity contribution is 0.198. The van der Waals surface area contributed by atoms with Crippen LogP contribution in [0.3, 0.4) is 0 Å². The minimum Gasteiger partial charge on any atom is -0.494 e. The van der Waals surface area contributed by atoms with Crippen LogP contribution in [-0.4, -0.2) is 61.2 Å². The van der Waals surface area contributed by atoms with Crippen LogP contribution < -0.4 is 15.4 Å². The van der Waals surface area contributed by atoms with Crippen molar-refractivity contribution in [1.82, 2.24) is 15.5 Å². The van der Waals surface area contributed by atoms with Gasteiger partial charge in [0.25, 0.3) is 0 Å². The molecule has 0 aromatic heterocycles. The number of hydrogen-bond acceptors (Lipinski definition) is 4. The third kappa shape index (κ3) is 8.88. The molecule has 1 heterocycles. The number of guanidine groups is 1. The van der Waals surface area contributed by atoms with E-state index in [-0.39, 0.29) is 34.5 Å². The van der Waals surface area contributed by atoms with Crippen molar-refractivity contribution in [1.29, 1.82) is 0 Å². The molecule has 1 aliphatic rings. The van der Waals surface area contributed by atoms with Gasteiger partial charge in [-0.2, -0.15) is 11.8 Å². The maximum Gasteiger partial charge on any atom is 0.191 e. The molecule has 0 amide bonds. The maximum atomic E-state index is 13.9. The first-order valence-corrected chi connectivity index (χ1v) is 11.2. The van der Waals surface area contributed by atoms with E-state index in [1.54, 1.807) is 12.1 Å². The number of benzene rings is 1. The number of halogens is 2. The van der Waals surface area contributed by atoms with Crippen molar-refractivity contribution in [3.8, 4) is 5.75 Å². The zero-order valence-electron chi connectivity index (χ0n) is 18.3. The van der Waals surface area contributed by atoms with Crippen LogP contribution in [0.4, 0.5) is 4.39 Å². The Morgan fingerprint density at radius 1 is 1.34 bits per heavy atom. The Balaban J connectivity index is 0.00000420. The first kappa shape index (κ1) is 26.3. The minimum atomic E-state index is -0.295. The van der Waals surface area contributed by atoms with Crippen molar-refractivity contribution < 1.29 is 9.13 Å². The minimum absolute atomic E-state index is 0. The quantitative estimate of drug-likeness (QED) is 0.297. The second-order valence-electron chi connectivity index (χ2n) is 7.82. The number of hydrogen-bond donors (Lipinski definition) is 2. The van der Waals surface area contributed by atoms with Crippen molar-refractivity contribution in [3.05, 3.63) is 29.6 Å². The van der Waals surface area contributed by atoms with Gasteiger partial charge in [-0.3, -0.25) is 9.89 Å². The number of nitrogens with zero attached hydrogens (tertiary/aromatic N) is 2. The summed E-state index contributed by atoms with van der Waals surface area (Å²) in [5.74, 6) is 0.906. The Morgan fingerprint density at radius 2 is 2.03 bits per heavy atom. The van der Waals surface area contributed by atoms with E-state index in [1.807, 2.05) is 17.8 Å². The second kappa shape index (κ2) is 12.8. The molecule has 0 spiro atoms. The Labute approximate surface area is 196 Å². The van der Waals surface area contributed by atoms with E-state index in [0.717, 1.165) is 57.1 Å². The average Bonchev–Trinajstić information content (AvgIpc) is 2.68. The number of thioether (sulfide) groups is 1. The van der Waals surface area contributed by atoms with E-state index in [1.165, 1.54) is 7.11 Å². The molecule has 1 saturated heterocycles. The predicted octanol–water partition coefficient (Wildman–Crippen LogP) is 4.11. The molecule has 1 aliphatic heterocycles. The summed E-state index contributed by atoms with van der Waals surface area (Å²) in [5, 5.41) is 6.95. The lowest BCUT2D eigenvalue weighted by atomic mass is 10.0. The molecular weight excluding hydrogens is 502 g/mol. The van der Waals surface area contributed by atoms with E-state index >= 15 is 0 Å². The largest absolute Gasteiger partial charge is 0.494 e. The Hall–Kier alpha value is -0.740. The van der Waals surface area contributed by atoms with Gasteiger partial charge in [-0.1, -0.05) is 6.07 Å². The second-order valence-corrected chi connectivity index (χ2v) is 9.34. The molecule has 2 N–H and O–H groups in total. The summed E-state index contributed by atoms with van der Waals surface area (Å²) < 4.78 is 19.0. The molecule has 2 rings (SSSR count). The normalized spacial score (nSPS) is 16.3. The molecule has 8 heteroatoms. The van der Waals surface area contributed by atoms with E-state index in [9.17, 15) is 4.39 Å². The number of nitrogens with one attached hydrogen (secondary N) is 2. The molecular formula is C21H36FIN4OS. The van der Waals surface area contributed by atoms with Gasteiger partial charge in [-0.15, -0.1) is 24.0 Å². The van der Waals surface area contributed by atoms with E-state index in [0.29, 0.717) is 11.8 Å². The summed E-state index contributed by atoms with van der Waals surface area (Å²) in [6.45, 7) is 10.9. The number of ether oxygens (including phenoxy) is 1. The number of rotatable bonds is 8. The molecule has 0 atom stereocenters. The molecule has 0 bridgehead atoms. The van der Waals surface area contributed by atoms with Crippen molar-refractivity contribution in [2.45, 2.75) is 50.9 Å². The molecule has 29 heavy (non-hydrogen) atoms. The van der Waals surface area contributed by atoms with E-state index < -0.39 is 0 Å². The fraction of sp³-hybridized carbons (Fsp3) is 0.667. The highest BCUT2D eigenvalue weighted by Crippen LogP contribution is 2.22. The van der Waals surface area contributed by atoms with Crippen molar-refractivity contribution in [2.24, 2.45) is 4.99 Å². The van der Waals surface area contributed by atoms with Gasteiger partial charge in [-0.05, 0) is 57.6 Å². The Kier molecular flexibility index (Phi) is 11.6. The Morgan fingerprint density at radius 3 is 2.59 bits per heavy atom. The van der Waals surface area contributed by atoms with Crippen LogP contribution in [0.15, 0.2) is 23.2 Å². The third-order valence-corrected chi connectivity index (χ3v) is 6.30. The molecule has 5 nitrogen and oxygen atoms in total. The molecule has 0 radical (unpaired) electrons. The van der Waals surface area contributed by atoms with Crippen LogP contribution in [0.25, 0.3) is 0 Å². The zero-order valence-corrected chi connectivity index (χ0v) is 21.4. The summed E-state index contributed by atoms with van der Waals surface area (Å²) >= 11 is 1.83. The molecule has 1 aromatic carbocycles. The highest BCUT2D eigenvalue weighted by Gasteiger charge is 2.21. The van der Waals surface area contributed by atoms with Gasteiger partial charge in [0.15, 0.2) is 17.5 Å². The van der Waals surface area contributed by atoms with Crippen LogP contribution in [0.5, 0.6) is 5.75 Å². The molecule has 1 fully saturated rings. The van der Waals surface area contributed by atoms with Crippen LogP contribution in [0.2, 0.25) is 0 Å². The fourth-order valence-corrected chi connectivity index (χ4v) is 3.34. The van der Waals surface area contributed by atoms with Crippen molar-refractivity contribution >= 4 is 41.7 Å². The lowest BCUT2D eigenvalue weighted by Crippen LogP contribution is -2.48. The first-order valence-electron chi connectivity index (χ1n) is 10.0. The number of likely N-dealkylation sites (tertiary alicyclic amines) is 1. The van der Waals surface area contributed by atoms with Crippen molar-refractivity contribution in [3.63, 3.8) is 0 Å². The van der Waals surface area contributed by atoms with Crippen LogP contribution in [0.1, 0.15) is 39.2 Å². The van der Waals surface area contributed by atoms with Gasteiger partial charge < -0.3 is 15.4 Å². The predicted molar refractivity (Wildman–Crippen MR) is 133 cm³/mol. The topological polar surface area (TPSA) is 48.9 Å². The van der Waals surface area contributed by atoms with Crippen LogP contribution in [0, 0.1) is 5.82 Å². The molecule has 0 aliphatic carbocycles. The highest BCUT2D eigenvalue weighted by atomic mass is 127. The summed E-state index contributed by atoms with van der Waals surface area (Å²) in [6.07, 6.45) is 4.23. The van der Waals surface area contributed by atoms with Gasteiger partial charge in [0.05, 0.1) is 13.7 Å². The Bertz CT molecular complexity index is 652. The molecule has 0 unspecified atom stereocenters. The zero-order chi connectivity index (χ0) is 20.6. The monoisotopic (exact) mass is 538 g/mol. The highest BCUT2D eigenvalue weighted by molar-refractivity contribution is 14.0. The number of aliphatic imine (C=N–C) groups is 1. The molecule has 1 aromatic rings. The molecule has 0 saturated carbocycles. The SMILES string of the molecule is CCNC(=NCC(C)(C)SC)NC1CCN(Cc2ccc(OC)c(F)c2)CC1.I. The van der Waals surface area contributed by atoms with E-state index in [4.69, 9.17) is 9.73 Å². The fourth-order valence-electron chi connectivity index (χ4n) is 3.15. The van der Waals surface area contributed by atoms with Gasteiger partial charge in [0.1, 0.15) is 0 Å². The average molecular weight is 539 g/mol. The van der Waals surface area contributed by atoms with Crippen molar-refractivity contribution in [2.75, 3.05) is 39.5 Å². The van der Waals surface area contributed by atoms with Gasteiger partial charge in [-0.25, -0.2) is 4.39 Å². The summed E-state index contributed by atoms with van der Waals surface area (Å²) in [4.78, 5) is 7.14. The van der Waals surface area contributed by atoms with Gasteiger partial charge >= 0.3 is 0 Å². The van der Waals surface area contributed by atoms with Crippen LogP contribution in [-0.2, 0) is 6.54 Å². The summed E-state index contributed by atoms with van der Waals surface area (Å²) in [5.41, 5.74) is 0.985. The number of methoxy groups -OCH3 is 1. The molecule has 166 valence electrons. The van der Waals surface area contributed by atoms with Gasteiger partial charge in [0, 0.05) is 37.0 Å². The summed E-state index contributed by atoms with van der Waals surface area (Å²) in [7, 11) is 1.49. The number of piperidine rings is 1. The lowest BCUT2D eigenvalue weighted by Gasteiger charge is -2.33. The summed E-state index contributed by atoms with van der Waals surface area (Å²) in [6, 6.07) is 5.63. The first-order chi connectivity index (χ1) is 13.4. The van der Waals surface area contributed by atoms with E-state index in [2.05, 4.69) is 42.6 Å². The smallest absolute Gasteiger partial charge is 0.191 e. The standard InChI is InChI=1S/C21H35FN4OS.HI/c1-6-23-20(24-15-21(2,3)28-5)25-17-9-11-26(12-10-17)14-16-7-8-19(27-4)18(22)13-16;/h7-8,13,17H,6,9-12,14-15H2,1-5H3,(H2,23,24,25);1H.